The molecule has 0 bridgehead atoms. The quantitative estimate of drug-likeness (QED) is 0.493. The Balaban J connectivity index is 2.46. The Labute approximate surface area is 203 Å². The number of carbonyl (C=O) groups is 3. The number of amides is 3. The van der Waals surface area contributed by atoms with Gasteiger partial charge in [-0.1, -0.05) is 29.3 Å². The van der Waals surface area contributed by atoms with Crippen molar-refractivity contribution in [3.63, 3.8) is 0 Å². The van der Waals surface area contributed by atoms with E-state index in [-0.39, 0.29) is 29.7 Å². The van der Waals surface area contributed by atoms with Crippen LogP contribution in [0.5, 0.6) is 0 Å². The molecular formula is C25H39N3O4S. The number of ether oxygens (including phenoxy) is 1. The Kier molecular flexibility index (Phi) is 9.23. The predicted molar refractivity (Wildman–Crippen MR) is 133 cm³/mol. The number of alkyl carbamates (subject to hydrolysis) is 1. The number of hydrogen-bond donors (Lipinski definition) is 3. The van der Waals surface area contributed by atoms with E-state index < -0.39 is 23.8 Å². The molecule has 2 rings (SSSR count). The molecule has 33 heavy (non-hydrogen) atoms. The van der Waals surface area contributed by atoms with E-state index in [1.165, 1.54) is 0 Å². The van der Waals surface area contributed by atoms with Gasteiger partial charge in [0.05, 0.1) is 0 Å². The maximum Gasteiger partial charge on any atom is 0.408 e. The smallest absolute Gasteiger partial charge is 0.408 e. The van der Waals surface area contributed by atoms with Gasteiger partial charge in [0.1, 0.15) is 17.7 Å². The maximum absolute atomic E-state index is 13.8. The molecule has 8 heteroatoms. The van der Waals surface area contributed by atoms with Crippen molar-refractivity contribution in [2.75, 3.05) is 5.75 Å². The van der Waals surface area contributed by atoms with Gasteiger partial charge in [-0.15, -0.1) is 0 Å². The summed E-state index contributed by atoms with van der Waals surface area (Å²) in [4.78, 5) is 41.3. The first-order valence-electron chi connectivity index (χ1n) is 11.6. The highest BCUT2D eigenvalue weighted by Gasteiger charge is 2.41. The molecular weight excluding hydrogens is 438 g/mol. The first kappa shape index (κ1) is 27.0. The molecule has 1 fully saturated rings. The van der Waals surface area contributed by atoms with Crippen LogP contribution in [0.1, 0.15) is 76.6 Å². The van der Waals surface area contributed by atoms with Crippen molar-refractivity contribution < 1.29 is 19.1 Å². The van der Waals surface area contributed by atoms with Gasteiger partial charge < -0.3 is 20.3 Å². The van der Waals surface area contributed by atoms with E-state index >= 15 is 0 Å². The van der Waals surface area contributed by atoms with Crippen LogP contribution in [0.3, 0.4) is 0 Å². The average molecular weight is 478 g/mol. The first-order valence-corrected chi connectivity index (χ1v) is 12.3. The first-order chi connectivity index (χ1) is 15.3. The molecule has 0 spiro atoms. The molecule has 3 amide bonds. The van der Waals surface area contributed by atoms with Crippen molar-refractivity contribution in [2.45, 2.75) is 97.5 Å². The predicted octanol–water partition coefficient (Wildman–Crippen LogP) is 4.07. The van der Waals surface area contributed by atoms with Crippen LogP contribution in [0.2, 0.25) is 0 Å². The van der Waals surface area contributed by atoms with E-state index in [4.69, 9.17) is 4.74 Å². The summed E-state index contributed by atoms with van der Waals surface area (Å²) in [7, 11) is 0. The Morgan fingerprint density at radius 3 is 2.09 bits per heavy atom. The zero-order valence-electron chi connectivity index (χ0n) is 20.9. The molecule has 1 aliphatic rings. The Morgan fingerprint density at radius 2 is 1.67 bits per heavy atom. The molecule has 7 nitrogen and oxygen atoms in total. The molecule has 0 saturated heterocycles. The molecule has 0 radical (unpaired) electrons. The van der Waals surface area contributed by atoms with Crippen molar-refractivity contribution in [2.24, 2.45) is 0 Å². The number of aryl methyl sites for hydroxylation is 2. The average Bonchev–Trinajstić information content (AvgIpc) is 2.60. The largest absolute Gasteiger partial charge is 0.444 e. The van der Waals surface area contributed by atoms with Crippen LogP contribution in [0, 0.1) is 13.8 Å². The van der Waals surface area contributed by atoms with Gasteiger partial charge in [-0.25, -0.2) is 4.79 Å². The number of hydrogen-bond acceptors (Lipinski definition) is 5. The summed E-state index contributed by atoms with van der Waals surface area (Å²) in [6.07, 6.45) is 1.93. The van der Waals surface area contributed by atoms with Crippen molar-refractivity contribution in [1.29, 1.82) is 0 Å². The lowest BCUT2D eigenvalue weighted by Crippen LogP contribution is -2.58. The summed E-state index contributed by atoms with van der Waals surface area (Å²) in [6.45, 7) is 13.0. The highest BCUT2D eigenvalue weighted by Crippen LogP contribution is 2.34. The Morgan fingerprint density at radius 1 is 1.09 bits per heavy atom. The van der Waals surface area contributed by atoms with E-state index in [0.717, 1.165) is 36.0 Å². The molecule has 1 saturated carbocycles. The minimum Gasteiger partial charge on any atom is -0.444 e. The van der Waals surface area contributed by atoms with Gasteiger partial charge in [-0.3, -0.25) is 9.59 Å². The van der Waals surface area contributed by atoms with Crippen molar-refractivity contribution >= 4 is 30.5 Å². The van der Waals surface area contributed by atoms with E-state index in [9.17, 15) is 14.4 Å². The van der Waals surface area contributed by atoms with Gasteiger partial charge in [-0.05, 0) is 73.3 Å². The number of nitrogens with zero attached hydrogens (tertiary/aromatic N) is 1. The second-order valence-electron chi connectivity index (χ2n) is 10.2. The number of carbonyl (C=O) groups excluding carboxylic acids is 3. The second-order valence-corrected chi connectivity index (χ2v) is 10.6. The summed E-state index contributed by atoms with van der Waals surface area (Å²) >= 11 is 4.33. The SMILES string of the molecule is Cc1cc(C)cc(C(C(=O)NC(C)C)N(C(=O)C(CS)NC(=O)OC(C)(C)C)C2CCC2)c1. The summed E-state index contributed by atoms with van der Waals surface area (Å²) < 4.78 is 5.34. The summed E-state index contributed by atoms with van der Waals surface area (Å²) in [5.41, 5.74) is 2.11. The van der Waals surface area contributed by atoms with Gasteiger partial charge in [0, 0.05) is 17.8 Å². The van der Waals surface area contributed by atoms with Gasteiger partial charge >= 0.3 is 6.09 Å². The van der Waals surface area contributed by atoms with Crippen LogP contribution in [0.15, 0.2) is 18.2 Å². The number of nitrogens with one attached hydrogen (secondary N) is 2. The number of rotatable bonds is 8. The van der Waals surface area contributed by atoms with Crippen LogP contribution in [-0.2, 0) is 14.3 Å². The van der Waals surface area contributed by atoms with Crippen LogP contribution in [0.4, 0.5) is 4.79 Å². The van der Waals surface area contributed by atoms with Crippen molar-refractivity contribution in [3.05, 3.63) is 34.9 Å². The van der Waals surface area contributed by atoms with Crippen LogP contribution in [-0.4, -0.2) is 52.3 Å². The zero-order chi connectivity index (χ0) is 24.9. The summed E-state index contributed by atoms with van der Waals surface area (Å²) in [5, 5.41) is 5.64. The molecule has 184 valence electrons. The summed E-state index contributed by atoms with van der Waals surface area (Å²) in [6, 6.07) is 4.07. The third-order valence-corrected chi connectivity index (χ3v) is 5.78. The van der Waals surface area contributed by atoms with Crippen LogP contribution in [0.25, 0.3) is 0 Å². The molecule has 0 heterocycles. The lowest BCUT2D eigenvalue weighted by atomic mass is 9.87. The molecule has 1 aliphatic carbocycles. The number of benzene rings is 1. The second kappa shape index (κ2) is 11.3. The minimum atomic E-state index is -0.913. The highest BCUT2D eigenvalue weighted by atomic mass is 32.1. The maximum atomic E-state index is 13.8. The minimum absolute atomic E-state index is 0.0789. The van der Waals surface area contributed by atoms with Crippen molar-refractivity contribution in [3.8, 4) is 0 Å². The van der Waals surface area contributed by atoms with E-state index in [2.05, 4.69) is 23.3 Å². The topological polar surface area (TPSA) is 87.7 Å². The van der Waals surface area contributed by atoms with Gasteiger partial charge in [0.25, 0.3) is 0 Å². The fourth-order valence-corrected chi connectivity index (χ4v) is 4.22. The third kappa shape index (κ3) is 7.66. The number of thiol groups is 1. The van der Waals surface area contributed by atoms with Gasteiger partial charge in [0.2, 0.25) is 11.8 Å². The Hall–Kier alpha value is -2.22. The molecule has 1 aromatic rings. The lowest BCUT2D eigenvalue weighted by Gasteiger charge is -2.43. The van der Waals surface area contributed by atoms with Gasteiger partial charge in [0.15, 0.2) is 0 Å². The fourth-order valence-electron chi connectivity index (χ4n) is 3.97. The molecule has 0 aliphatic heterocycles. The normalized spacial score (nSPS) is 15.9. The van der Waals surface area contributed by atoms with E-state index in [0.29, 0.717) is 0 Å². The zero-order valence-corrected chi connectivity index (χ0v) is 21.8. The fraction of sp³-hybridized carbons (Fsp3) is 0.640. The molecule has 2 N–H and O–H groups in total. The lowest BCUT2D eigenvalue weighted by molar-refractivity contribution is -0.147. The van der Waals surface area contributed by atoms with Crippen LogP contribution >= 0.6 is 12.6 Å². The third-order valence-electron chi connectivity index (χ3n) is 5.41. The molecule has 2 atom stereocenters. The van der Waals surface area contributed by atoms with Crippen LogP contribution < -0.4 is 10.6 Å². The summed E-state index contributed by atoms with van der Waals surface area (Å²) in [5.74, 6) is -0.471. The molecule has 1 aromatic carbocycles. The Bertz CT molecular complexity index is 841. The molecule has 2 unspecified atom stereocenters. The standard InChI is InChI=1S/C25H39N3O4S/c1-15(2)26-22(29)21(18-12-16(3)11-17(4)13-18)28(19-9-8-10-19)23(30)20(14-33)27-24(31)32-25(5,6)7/h11-13,15,19-21,33H,8-10,14H2,1-7H3,(H,26,29)(H,27,31). The van der Waals surface area contributed by atoms with E-state index in [1.807, 2.05) is 45.9 Å². The highest BCUT2D eigenvalue weighted by molar-refractivity contribution is 7.80. The molecule has 0 aromatic heterocycles. The van der Waals surface area contributed by atoms with Gasteiger partial charge in [-0.2, -0.15) is 12.6 Å². The van der Waals surface area contributed by atoms with E-state index in [1.54, 1.807) is 25.7 Å². The van der Waals surface area contributed by atoms with Crippen molar-refractivity contribution in [1.82, 2.24) is 15.5 Å². The monoisotopic (exact) mass is 477 g/mol.